The summed E-state index contributed by atoms with van der Waals surface area (Å²) in [4.78, 5) is 29.3. The van der Waals surface area contributed by atoms with Crippen LogP contribution in [0.15, 0.2) is 91.3 Å². The Bertz CT molecular complexity index is 3100. The minimum absolute atomic E-state index is 0.00643. The summed E-state index contributed by atoms with van der Waals surface area (Å²) in [6.45, 7) is 5.54. The van der Waals surface area contributed by atoms with Crippen LogP contribution in [-0.2, 0) is 30.5 Å². The Balaban J connectivity index is 1.10. The summed E-state index contributed by atoms with van der Waals surface area (Å²) in [7, 11) is 4.66. The van der Waals surface area contributed by atoms with E-state index in [4.69, 9.17) is 38.4 Å². The van der Waals surface area contributed by atoms with Gasteiger partial charge in [-0.3, -0.25) is 9.88 Å². The number of anilines is 3. The largest absolute Gasteiger partial charge is 0.497 e. The van der Waals surface area contributed by atoms with Gasteiger partial charge >= 0.3 is 12.2 Å². The number of morpholine rings is 1. The van der Waals surface area contributed by atoms with Gasteiger partial charge in [0.25, 0.3) is 0 Å². The molecule has 10 rings (SSSR count). The van der Waals surface area contributed by atoms with Crippen molar-refractivity contribution in [1.29, 1.82) is 0 Å². The van der Waals surface area contributed by atoms with Gasteiger partial charge in [-0.25, -0.2) is 18.7 Å². The Morgan fingerprint density at radius 3 is 2.07 bits per heavy atom. The zero-order valence-corrected chi connectivity index (χ0v) is 42.1. The molecule has 3 aliphatic rings. The fraction of sp³-hybridized carbons (Fsp3) is 0.364. The molecule has 3 atom stereocenters. The number of nitrogens with one attached hydrogen (secondary N) is 1. The van der Waals surface area contributed by atoms with Crippen LogP contribution in [0.5, 0.6) is 29.1 Å². The van der Waals surface area contributed by atoms with Crippen molar-refractivity contribution in [2.45, 2.75) is 70.6 Å². The van der Waals surface area contributed by atoms with Crippen LogP contribution in [0.2, 0.25) is 0 Å². The zero-order chi connectivity index (χ0) is 52.4. The van der Waals surface area contributed by atoms with E-state index in [-0.39, 0.29) is 73.7 Å². The molecule has 1 N–H and O–H groups in total. The van der Waals surface area contributed by atoms with Gasteiger partial charge in [-0.2, -0.15) is 23.1 Å². The summed E-state index contributed by atoms with van der Waals surface area (Å²) in [6, 6.07) is 22.1. The molecule has 15 nitrogen and oxygen atoms in total. The van der Waals surface area contributed by atoms with Gasteiger partial charge < -0.3 is 43.5 Å². The average molecular weight is 1030 g/mol. The predicted octanol–water partition coefficient (Wildman–Crippen LogP) is 10.1. The van der Waals surface area contributed by atoms with Crippen LogP contribution in [0.4, 0.5) is 39.3 Å². The summed E-state index contributed by atoms with van der Waals surface area (Å²) in [6.07, 6.45) is -0.313. The lowest BCUT2D eigenvalue weighted by Crippen LogP contribution is -2.46. The molecule has 75 heavy (non-hydrogen) atoms. The second kappa shape index (κ2) is 21.7. The standard InChI is InChI=1S/C55H56F5N9O6/c1-32-45(55(58,59)60)42(26-43(46(32)56)67(28-35-8-16-40(71-4)17-9-35)29-36-10-18-41(72-5)19-11-36)49-47(57)50-44-52(66-54(65-50)75-31-38-13-12-37-30-73-24-22-69(37)38)68(23-25-74-53(44)64-49)33(2)48-51(62-21-20-61-48)63-27-34-6-14-39(70-3)15-7-34/h6-11,14-21,26,33,37-38H,12-13,22-25,27-31H2,1-5H3,(H,62,63)/t33-,37+,38+/m1/s1. The normalized spacial score (nSPS) is 17.0. The predicted molar refractivity (Wildman–Crippen MR) is 272 cm³/mol. The van der Waals surface area contributed by atoms with Crippen molar-refractivity contribution in [3.8, 4) is 40.4 Å². The summed E-state index contributed by atoms with van der Waals surface area (Å²) in [5.74, 6) is -0.0485. The van der Waals surface area contributed by atoms with Gasteiger partial charge in [0.1, 0.15) is 70.2 Å². The molecule has 3 aliphatic heterocycles. The number of ether oxygens (including phenoxy) is 6. The van der Waals surface area contributed by atoms with Crippen LogP contribution in [0.25, 0.3) is 22.2 Å². The SMILES string of the molecule is COc1ccc(CNc2nccnc2[C@@H](C)N2CCOc3nc(-c4cc(N(Cc5ccc(OC)cc5)Cc5ccc(OC)cc5)c(F)c(C)c4C(F)(F)F)c(F)c4nc(OC[C@@H]5CC[C@H]6COCCN65)nc2c34)cc1. The number of hydrogen-bond donors (Lipinski definition) is 1. The fourth-order valence-corrected chi connectivity index (χ4v) is 10.2. The van der Waals surface area contributed by atoms with Crippen LogP contribution in [0.3, 0.4) is 0 Å². The first-order valence-electron chi connectivity index (χ1n) is 24.7. The lowest BCUT2D eigenvalue weighted by molar-refractivity contribution is -0.137. The van der Waals surface area contributed by atoms with E-state index in [1.54, 1.807) is 72.9 Å². The fourth-order valence-electron chi connectivity index (χ4n) is 10.2. The number of benzene rings is 4. The highest BCUT2D eigenvalue weighted by Gasteiger charge is 2.41. The number of fused-ring (bicyclic) bond motifs is 1. The highest BCUT2D eigenvalue weighted by Crippen LogP contribution is 2.47. The molecule has 4 aromatic carbocycles. The van der Waals surface area contributed by atoms with Crippen LogP contribution in [0, 0.1) is 18.6 Å². The van der Waals surface area contributed by atoms with Crippen molar-refractivity contribution in [3.63, 3.8) is 0 Å². The van der Waals surface area contributed by atoms with E-state index < -0.39 is 51.8 Å². The maximum atomic E-state index is 18.1. The van der Waals surface area contributed by atoms with E-state index >= 15 is 22.0 Å². The Morgan fingerprint density at radius 1 is 0.787 bits per heavy atom. The quantitative estimate of drug-likeness (QED) is 0.0865. The number of rotatable bonds is 17. The van der Waals surface area contributed by atoms with Gasteiger partial charge in [0.2, 0.25) is 5.88 Å². The minimum atomic E-state index is -5.17. The van der Waals surface area contributed by atoms with Crippen molar-refractivity contribution in [3.05, 3.63) is 136 Å². The molecule has 0 radical (unpaired) electrons. The number of alkyl halides is 3. The second-order valence-electron chi connectivity index (χ2n) is 18.7. The number of nitrogens with zero attached hydrogens (tertiary/aromatic N) is 8. The third kappa shape index (κ3) is 10.6. The molecule has 6 heterocycles. The molecule has 3 aromatic heterocycles. The van der Waals surface area contributed by atoms with E-state index in [2.05, 4.69) is 25.2 Å². The van der Waals surface area contributed by atoms with Crippen molar-refractivity contribution in [2.24, 2.45) is 0 Å². The average Bonchev–Trinajstić information content (AvgIpc) is 3.76. The van der Waals surface area contributed by atoms with Gasteiger partial charge in [-0.15, -0.1) is 0 Å². The third-order valence-electron chi connectivity index (χ3n) is 14.2. The molecular formula is C55H56F5N9O6. The summed E-state index contributed by atoms with van der Waals surface area (Å²) in [5, 5.41) is 3.40. The molecular weight excluding hydrogens is 978 g/mol. The molecule has 0 spiro atoms. The Morgan fingerprint density at radius 2 is 1.43 bits per heavy atom. The first kappa shape index (κ1) is 50.9. The van der Waals surface area contributed by atoms with Gasteiger partial charge in [0.15, 0.2) is 5.82 Å². The molecule has 0 bridgehead atoms. The zero-order valence-electron chi connectivity index (χ0n) is 42.1. The van der Waals surface area contributed by atoms with E-state index in [0.717, 1.165) is 31.4 Å². The van der Waals surface area contributed by atoms with Crippen molar-refractivity contribution >= 4 is 28.2 Å². The highest BCUT2D eigenvalue weighted by atomic mass is 19.4. The number of pyridine rings is 1. The molecule has 2 saturated heterocycles. The number of halogens is 5. The lowest BCUT2D eigenvalue weighted by Gasteiger charge is -2.33. The van der Waals surface area contributed by atoms with Crippen LogP contribution in [0.1, 0.15) is 59.3 Å². The van der Waals surface area contributed by atoms with Crippen molar-refractivity contribution in [2.75, 3.05) is 76.0 Å². The Labute approximate surface area is 430 Å². The molecule has 392 valence electrons. The molecule has 2 fully saturated rings. The number of methoxy groups -OCH3 is 3. The van der Waals surface area contributed by atoms with Crippen LogP contribution >= 0.6 is 0 Å². The maximum Gasteiger partial charge on any atom is 0.417 e. The maximum absolute atomic E-state index is 18.1. The second-order valence-corrected chi connectivity index (χ2v) is 18.7. The Hall–Kier alpha value is -7.58. The third-order valence-corrected chi connectivity index (χ3v) is 14.2. The van der Waals surface area contributed by atoms with E-state index in [1.165, 1.54) is 14.2 Å². The summed E-state index contributed by atoms with van der Waals surface area (Å²) in [5.41, 5.74) is -1.34. The molecule has 0 unspecified atom stereocenters. The van der Waals surface area contributed by atoms with Crippen LogP contribution < -0.4 is 38.8 Å². The summed E-state index contributed by atoms with van der Waals surface area (Å²) >= 11 is 0. The molecule has 0 saturated carbocycles. The molecule has 0 aliphatic carbocycles. The first-order chi connectivity index (χ1) is 36.3. The monoisotopic (exact) mass is 1030 g/mol. The summed E-state index contributed by atoms with van der Waals surface area (Å²) < 4.78 is 116. The Kier molecular flexibility index (Phi) is 14.7. The van der Waals surface area contributed by atoms with Crippen molar-refractivity contribution < 1.29 is 50.4 Å². The molecule has 0 amide bonds. The molecule has 7 aromatic rings. The van der Waals surface area contributed by atoms with Gasteiger partial charge in [-0.1, -0.05) is 36.4 Å². The smallest absolute Gasteiger partial charge is 0.417 e. The van der Waals surface area contributed by atoms with Crippen LogP contribution in [-0.4, -0.2) is 103 Å². The van der Waals surface area contributed by atoms with Gasteiger partial charge in [-0.05, 0) is 91.4 Å². The number of hydrogen-bond acceptors (Lipinski definition) is 15. The lowest BCUT2D eigenvalue weighted by atomic mass is 9.95. The highest BCUT2D eigenvalue weighted by molar-refractivity contribution is 5.97. The van der Waals surface area contributed by atoms with E-state index in [0.29, 0.717) is 66.2 Å². The minimum Gasteiger partial charge on any atom is -0.497 e. The van der Waals surface area contributed by atoms with E-state index in [1.807, 2.05) is 36.1 Å². The van der Waals surface area contributed by atoms with Gasteiger partial charge in [0, 0.05) is 56.2 Å². The van der Waals surface area contributed by atoms with E-state index in [9.17, 15) is 0 Å². The molecule has 20 heteroatoms. The van der Waals surface area contributed by atoms with Gasteiger partial charge in [0.05, 0.1) is 58.4 Å². The topological polar surface area (TPSA) is 142 Å². The van der Waals surface area contributed by atoms with Crippen molar-refractivity contribution in [1.82, 2.24) is 29.8 Å². The number of aromatic nitrogens is 5. The first-order valence-corrected chi connectivity index (χ1v) is 24.7.